The van der Waals surface area contributed by atoms with E-state index in [2.05, 4.69) is 22.5 Å². The molecule has 0 N–H and O–H groups in total. The number of alkyl halides is 1. The summed E-state index contributed by atoms with van der Waals surface area (Å²) in [6.07, 6.45) is 0. The third-order valence-electron chi connectivity index (χ3n) is 2.04. The molecular formula is C9H6BrNO3. The molecule has 72 valence electrons. The van der Waals surface area contributed by atoms with Gasteiger partial charge < -0.3 is 4.74 Å². The molecule has 1 atom stereocenters. The van der Waals surface area contributed by atoms with E-state index in [-0.39, 0.29) is 10.7 Å². The van der Waals surface area contributed by atoms with Crippen LogP contribution in [0.3, 0.4) is 0 Å². The van der Waals surface area contributed by atoms with E-state index in [9.17, 15) is 10.1 Å². The maximum absolute atomic E-state index is 10.5. The number of halogens is 1. The highest BCUT2D eigenvalue weighted by atomic mass is 79.9. The summed E-state index contributed by atoms with van der Waals surface area (Å²) in [4.78, 5) is 10.1. The van der Waals surface area contributed by atoms with E-state index in [0.29, 0.717) is 11.3 Å². The maximum Gasteiger partial charge on any atom is 0.270 e. The normalized spacial score (nSPS) is 18.9. The lowest BCUT2D eigenvalue weighted by atomic mass is 10.1. The van der Waals surface area contributed by atoms with Gasteiger partial charge in [-0.2, -0.15) is 0 Å². The van der Waals surface area contributed by atoms with Gasteiger partial charge in [-0.1, -0.05) is 6.58 Å². The number of rotatable bonds is 1. The highest BCUT2D eigenvalue weighted by molar-refractivity contribution is 9.09. The second-order valence-electron chi connectivity index (χ2n) is 2.89. The van der Waals surface area contributed by atoms with Crippen LogP contribution >= 0.6 is 15.9 Å². The molecule has 1 aromatic carbocycles. The van der Waals surface area contributed by atoms with E-state index in [0.717, 1.165) is 5.56 Å². The smallest absolute Gasteiger partial charge is 0.270 e. The van der Waals surface area contributed by atoms with Crippen molar-refractivity contribution >= 4 is 27.4 Å². The van der Waals surface area contributed by atoms with Crippen LogP contribution in [-0.2, 0) is 4.74 Å². The zero-order valence-electron chi connectivity index (χ0n) is 7.07. The lowest BCUT2D eigenvalue weighted by Gasteiger charge is -1.99. The van der Waals surface area contributed by atoms with E-state index >= 15 is 0 Å². The molecule has 1 aliphatic heterocycles. The molecule has 0 spiro atoms. The first-order chi connectivity index (χ1) is 6.59. The van der Waals surface area contributed by atoms with Crippen LogP contribution in [0.4, 0.5) is 5.69 Å². The molecule has 1 heterocycles. The second-order valence-corrected chi connectivity index (χ2v) is 3.72. The molecule has 1 unspecified atom stereocenters. The van der Waals surface area contributed by atoms with E-state index in [4.69, 9.17) is 4.74 Å². The van der Waals surface area contributed by atoms with E-state index in [1.54, 1.807) is 6.07 Å². The van der Waals surface area contributed by atoms with Gasteiger partial charge in [0.25, 0.3) is 5.69 Å². The molecule has 0 bridgehead atoms. The molecule has 5 heteroatoms. The highest BCUT2D eigenvalue weighted by Crippen LogP contribution is 2.42. The third-order valence-corrected chi connectivity index (χ3v) is 2.72. The lowest BCUT2D eigenvalue weighted by molar-refractivity contribution is -0.384. The Morgan fingerprint density at radius 1 is 1.57 bits per heavy atom. The molecule has 0 radical (unpaired) electrons. The molecule has 0 saturated carbocycles. The quantitative estimate of drug-likeness (QED) is 0.441. The van der Waals surface area contributed by atoms with Gasteiger partial charge in [-0.25, -0.2) is 0 Å². The molecule has 0 aromatic heterocycles. The first kappa shape index (κ1) is 9.21. The number of hydrogen-bond donors (Lipinski definition) is 0. The van der Waals surface area contributed by atoms with Crippen molar-refractivity contribution in [1.82, 2.24) is 0 Å². The van der Waals surface area contributed by atoms with E-state index in [1.807, 2.05) is 0 Å². The van der Waals surface area contributed by atoms with Crippen molar-refractivity contribution in [2.45, 2.75) is 5.01 Å². The van der Waals surface area contributed by atoms with Gasteiger partial charge in [0.2, 0.25) is 0 Å². The van der Waals surface area contributed by atoms with Gasteiger partial charge >= 0.3 is 0 Å². The van der Waals surface area contributed by atoms with Gasteiger partial charge in [0.15, 0.2) is 5.01 Å². The van der Waals surface area contributed by atoms with Gasteiger partial charge in [0.05, 0.1) is 4.92 Å². The molecule has 0 aliphatic carbocycles. The first-order valence-electron chi connectivity index (χ1n) is 3.88. The first-order valence-corrected chi connectivity index (χ1v) is 4.79. The number of nitro groups is 1. The molecule has 4 nitrogen and oxygen atoms in total. The minimum atomic E-state index is -0.435. The summed E-state index contributed by atoms with van der Waals surface area (Å²) in [7, 11) is 0. The number of nitrogens with zero attached hydrogens (tertiary/aromatic N) is 1. The fraction of sp³-hybridized carbons (Fsp3) is 0.111. The average Bonchev–Trinajstić information content (AvgIpc) is 2.42. The van der Waals surface area contributed by atoms with Gasteiger partial charge in [0, 0.05) is 23.3 Å². The third kappa shape index (κ3) is 1.29. The van der Waals surface area contributed by atoms with Crippen LogP contribution in [0.5, 0.6) is 0 Å². The van der Waals surface area contributed by atoms with Crippen LogP contribution in [0.25, 0.3) is 5.76 Å². The zero-order chi connectivity index (χ0) is 10.3. The summed E-state index contributed by atoms with van der Waals surface area (Å²) in [5.41, 5.74) is 1.62. The Kier molecular flexibility index (Phi) is 2.03. The van der Waals surface area contributed by atoms with Gasteiger partial charge in [-0.15, -0.1) is 0 Å². The predicted molar refractivity (Wildman–Crippen MR) is 54.9 cm³/mol. The number of hydrogen-bond acceptors (Lipinski definition) is 3. The van der Waals surface area contributed by atoms with Gasteiger partial charge in [-0.05, 0) is 22.0 Å². The molecule has 1 aliphatic rings. The summed E-state index contributed by atoms with van der Waals surface area (Å²) in [6.45, 7) is 3.67. The van der Waals surface area contributed by atoms with Crippen molar-refractivity contribution in [2.75, 3.05) is 0 Å². The number of benzene rings is 1. The van der Waals surface area contributed by atoms with E-state index < -0.39 is 4.92 Å². The number of non-ortho nitro benzene ring substituents is 1. The molecule has 2 rings (SSSR count). The van der Waals surface area contributed by atoms with Crippen molar-refractivity contribution in [3.05, 3.63) is 46.0 Å². The maximum atomic E-state index is 10.5. The summed E-state index contributed by atoms with van der Waals surface area (Å²) in [6, 6.07) is 4.60. The van der Waals surface area contributed by atoms with Crippen molar-refractivity contribution < 1.29 is 9.66 Å². The Balaban J connectivity index is 2.55. The molecule has 14 heavy (non-hydrogen) atoms. The monoisotopic (exact) mass is 255 g/mol. The molecule has 0 amide bonds. The lowest BCUT2D eigenvalue weighted by Crippen LogP contribution is -1.90. The highest BCUT2D eigenvalue weighted by Gasteiger charge is 2.26. The Hall–Kier alpha value is -1.36. The Morgan fingerprint density at radius 2 is 2.29 bits per heavy atom. The summed E-state index contributed by atoms with van der Waals surface area (Å²) in [5.74, 6) is 0.463. The SMILES string of the molecule is C=C1OC(Br)c2ccc([N+](=O)[O-])cc21. The largest absolute Gasteiger partial charge is 0.474 e. The second kappa shape index (κ2) is 3.09. The van der Waals surface area contributed by atoms with Crippen LogP contribution < -0.4 is 0 Å². The summed E-state index contributed by atoms with van der Waals surface area (Å²) >= 11 is 3.29. The van der Waals surface area contributed by atoms with Crippen molar-refractivity contribution in [2.24, 2.45) is 0 Å². The van der Waals surface area contributed by atoms with Crippen LogP contribution in [-0.4, -0.2) is 4.92 Å². The number of fused-ring (bicyclic) bond motifs is 1. The Morgan fingerprint density at radius 3 is 2.93 bits per heavy atom. The number of nitro benzene ring substituents is 1. The molecule has 1 aromatic rings. The average molecular weight is 256 g/mol. The summed E-state index contributed by atoms with van der Waals surface area (Å²) in [5, 5.41) is 10.3. The molecule has 0 saturated heterocycles. The fourth-order valence-electron chi connectivity index (χ4n) is 1.35. The van der Waals surface area contributed by atoms with Crippen molar-refractivity contribution in [3.63, 3.8) is 0 Å². The Bertz CT molecular complexity index is 430. The molecule has 0 fully saturated rings. The van der Waals surface area contributed by atoms with Gasteiger partial charge in [0.1, 0.15) is 5.76 Å². The van der Waals surface area contributed by atoms with E-state index in [1.165, 1.54) is 12.1 Å². The minimum absolute atomic E-state index is 0.0510. The summed E-state index contributed by atoms with van der Waals surface area (Å²) < 4.78 is 5.27. The number of ether oxygens (including phenoxy) is 1. The predicted octanol–water partition coefficient (Wildman–Crippen LogP) is 2.99. The van der Waals surface area contributed by atoms with Crippen LogP contribution in [0.1, 0.15) is 16.1 Å². The van der Waals surface area contributed by atoms with Crippen LogP contribution in [0.2, 0.25) is 0 Å². The van der Waals surface area contributed by atoms with Crippen LogP contribution in [0.15, 0.2) is 24.8 Å². The minimum Gasteiger partial charge on any atom is -0.474 e. The van der Waals surface area contributed by atoms with Crippen molar-refractivity contribution in [1.29, 1.82) is 0 Å². The molecular weight excluding hydrogens is 250 g/mol. The Labute approximate surface area is 88.5 Å². The zero-order valence-corrected chi connectivity index (χ0v) is 8.65. The fourth-order valence-corrected chi connectivity index (χ4v) is 1.97. The topological polar surface area (TPSA) is 52.4 Å². The van der Waals surface area contributed by atoms with Gasteiger partial charge in [-0.3, -0.25) is 10.1 Å². The van der Waals surface area contributed by atoms with Crippen LogP contribution in [0, 0.1) is 10.1 Å². The standard InChI is InChI=1S/C9H6BrNO3/c1-5-8-4-6(11(12)13)2-3-7(8)9(10)14-5/h2-4,9H,1H2. The van der Waals surface area contributed by atoms with Crippen molar-refractivity contribution in [3.8, 4) is 0 Å².